The number of carbonyl (C=O) groups is 1. The van der Waals surface area contributed by atoms with Gasteiger partial charge in [-0.05, 0) is 67.3 Å². The number of anilines is 1. The molecule has 2 aromatic carbocycles. The summed E-state index contributed by atoms with van der Waals surface area (Å²) in [4.78, 5) is 16.7. The zero-order valence-corrected chi connectivity index (χ0v) is 17.7. The summed E-state index contributed by atoms with van der Waals surface area (Å²) in [6.07, 6.45) is 8.91. The fraction of sp³-hybridized carbons (Fsp3) is 0.385. The van der Waals surface area contributed by atoms with Crippen molar-refractivity contribution in [2.45, 2.75) is 62.6 Å². The van der Waals surface area contributed by atoms with Crippen LogP contribution in [0.5, 0.6) is 0 Å². The Morgan fingerprint density at radius 3 is 2.42 bits per heavy atom. The van der Waals surface area contributed by atoms with Gasteiger partial charge in [-0.15, -0.1) is 0 Å². The molecule has 4 N–H and O–H groups in total. The SMILES string of the molecule is N[C@H]1CC[C@H](Nc2c(C3(C=O)CC3)cnc3ccc(-c4ccc(CO)cc4)cc23)CC1. The van der Waals surface area contributed by atoms with Crippen molar-refractivity contribution in [2.24, 2.45) is 5.73 Å². The molecule has 0 unspecified atom stereocenters. The van der Waals surface area contributed by atoms with E-state index in [0.29, 0.717) is 12.1 Å². The lowest BCUT2D eigenvalue weighted by Gasteiger charge is -2.29. The van der Waals surface area contributed by atoms with Crippen molar-refractivity contribution in [3.8, 4) is 11.1 Å². The molecule has 1 heterocycles. The van der Waals surface area contributed by atoms with Crippen LogP contribution < -0.4 is 11.1 Å². The summed E-state index contributed by atoms with van der Waals surface area (Å²) in [6.45, 7) is 0.0399. The molecule has 1 aromatic heterocycles. The molecule has 0 bridgehead atoms. The minimum absolute atomic E-state index is 0.0399. The van der Waals surface area contributed by atoms with E-state index in [1.165, 1.54) is 0 Å². The number of hydrogen-bond donors (Lipinski definition) is 3. The van der Waals surface area contributed by atoms with Crippen LogP contribution >= 0.6 is 0 Å². The molecule has 3 aromatic rings. The van der Waals surface area contributed by atoms with E-state index >= 15 is 0 Å². The number of nitrogens with one attached hydrogen (secondary N) is 1. The van der Waals surface area contributed by atoms with Gasteiger partial charge in [0.25, 0.3) is 0 Å². The van der Waals surface area contributed by atoms with Gasteiger partial charge in [-0.25, -0.2) is 0 Å². The van der Waals surface area contributed by atoms with E-state index in [-0.39, 0.29) is 6.61 Å². The highest BCUT2D eigenvalue weighted by atomic mass is 16.3. The maximum absolute atomic E-state index is 12.0. The van der Waals surface area contributed by atoms with Gasteiger partial charge in [0.1, 0.15) is 6.29 Å². The van der Waals surface area contributed by atoms with Gasteiger partial charge in [-0.2, -0.15) is 0 Å². The maximum atomic E-state index is 12.0. The lowest BCUT2D eigenvalue weighted by atomic mass is 9.89. The second kappa shape index (κ2) is 8.06. The number of carbonyl (C=O) groups excluding carboxylic acids is 1. The molecule has 31 heavy (non-hydrogen) atoms. The van der Waals surface area contributed by atoms with Crippen LogP contribution in [0.4, 0.5) is 5.69 Å². The Kier molecular flexibility index (Phi) is 5.24. The number of aromatic nitrogens is 1. The molecule has 0 atom stereocenters. The number of hydrogen-bond acceptors (Lipinski definition) is 5. The zero-order valence-electron chi connectivity index (χ0n) is 17.7. The molecular formula is C26H29N3O2. The van der Waals surface area contributed by atoms with Gasteiger partial charge in [-0.3, -0.25) is 4.98 Å². The Morgan fingerprint density at radius 1 is 1.06 bits per heavy atom. The van der Waals surface area contributed by atoms with E-state index in [0.717, 1.165) is 83.7 Å². The smallest absolute Gasteiger partial charge is 0.130 e. The fourth-order valence-electron chi connectivity index (χ4n) is 4.76. The summed E-state index contributed by atoms with van der Waals surface area (Å²) >= 11 is 0. The number of aliphatic hydroxyl groups is 1. The summed E-state index contributed by atoms with van der Waals surface area (Å²) < 4.78 is 0. The summed E-state index contributed by atoms with van der Waals surface area (Å²) in [5.41, 5.74) is 11.8. The minimum Gasteiger partial charge on any atom is -0.392 e. The van der Waals surface area contributed by atoms with Crippen LogP contribution in [0.15, 0.2) is 48.7 Å². The third-order valence-electron chi connectivity index (χ3n) is 7.01. The molecule has 160 valence electrons. The predicted molar refractivity (Wildman–Crippen MR) is 124 cm³/mol. The van der Waals surface area contributed by atoms with E-state index in [1.807, 2.05) is 30.5 Å². The average Bonchev–Trinajstić information content (AvgIpc) is 3.61. The second-order valence-corrected chi connectivity index (χ2v) is 9.16. The first-order chi connectivity index (χ1) is 15.1. The van der Waals surface area contributed by atoms with Crippen LogP contribution in [0.25, 0.3) is 22.0 Å². The Labute approximate surface area is 182 Å². The highest BCUT2D eigenvalue weighted by Crippen LogP contribution is 2.50. The first kappa shape index (κ1) is 20.2. The monoisotopic (exact) mass is 415 g/mol. The standard InChI is InChI=1S/C26H29N3O2/c27-20-6-8-21(9-7-20)29-25-22-13-19(18-3-1-17(15-30)2-4-18)5-10-24(22)28-14-23(25)26(16-31)11-12-26/h1-5,10,13-14,16,20-21,30H,6-9,11-12,15,27H2,(H,28,29)/t20-,21-. The number of pyridine rings is 1. The molecule has 0 amide bonds. The van der Waals surface area contributed by atoms with Gasteiger partial charge in [0.15, 0.2) is 0 Å². The Hall–Kier alpha value is -2.76. The third-order valence-corrected chi connectivity index (χ3v) is 7.01. The molecule has 5 heteroatoms. The lowest BCUT2D eigenvalue weighted by Crippen LogP contribution is -2.33. The molecule has 2 fully saturated rings. The van der Waals surface area contributed by atoms with Crippen molar-refractivity contribution >= 4 is 22.9 Å². The van der Waals surface area contributed by atoms with Crippen molar-refractivity contribution < 1.29 is 9.90 Å². The van der Waals surface area contributed by atoms with Crippen molar-refractivity contribution in [1.82, 2.24) is 4.98 Å². The van der Waals surface area contributed by atoms with Gasteiger partial charge in [0.05, 0.1) is 17.5 Å². The summed E-state index contributed by atoms with van der Waals surface area (Å²) in [7, 11) is 0. The molecule has 0 saturated heterocycles. The molecule has 0 radical (unpaired) electrons. The highest BCUT2D eigenvalue weighted by Gasteiger charge is 2.46. The third kappa shape index (κ3) is 3.84. The number of nitrogens with two attached hydrogens (primary N) is 1. The Balaban J connectivity index is 1.60. The Morgan fingerprint density at radius 2 is 1.77 bits per heavy atom. The van der Waals surface area contributed by atoms with Crippen molar-refractivity contribution in [1.29, 1.82) is 0 Å². The highest BCUT2D eigenvalue weighted by molar-refractivity contribution is 5.98. The fourth-order valence-corrected chi connectivity index (χ4v) is 4.76. The molecule has 0 aliphatic heterocycles. The largest absolute Gasteiger partial charge is 0.392 e. The molecule has 5 rings (SSSR count). The van der Waals surface area contributed by atoms with Gasteiger partial charge in [0.2, 0.25) is 0 Å². The second-order valence-electron chi connectivity index (χ2n) is 9.16. The van der Waals surface area contributed by atoms with Crippen LogP contribution in [0.2, 0.25) is 0 Å². The summed E-state index contributed by atoms with van der Waals surface area (Å²) in [5, 5.41) is 14.2. The predicted octanol–water partition coefficient (Wildman–Crippen LogP) is 4.31. The minimum atomic E-state index is -0.395. The van der Waals surface area contributed by atoms with E-state index in [4.69, 9.17) is 10.7 Å². The van der Waals surface area contributed by atoms with Gasteiger partial charge >= 0.3 is 0 Å². The molecule has 2 aliphatic carbocycles. The number of benzene rings is 2. The quantitative estimate of drug-likeness (QED) is 0.522. The summed E-state index contributed by atoms with van der Waals surface area (Å²) in [6, 6.07) is 14.9. The van der Waals surface area contributed by atoms with Crippen molar-refractivity contribution in [3.63, 3.8) is 0 Å². The molecule has 0 spiro atoms. The van der Waals surface area contributed by atoms with Crippen LogP contribution in [-0.2, 0) is 16.8 Å². The first-order valence-corrected chi connectivity index (χ1v) is 11.2. The number of aldehydes is 1. The van der Waals surface area contributed by atoms with Crippen LogP contribution in [0.3, 0.4) is 0 Å². The molecule has 2 saturated carbocycles. The van der Waals surface area contributed by atoms with E-state index in [9.17, 15) is 9.90 Å². The molecule has 2 aliphatic rings. The maximum Gasteiger partial charge on any atom is 0.130 e. The summed E-state index contributed by atoms with van der Waals surface area (Å²) in [5.74, 6) is 0. The number of nitrogens with zero attached hydrogens (tertiary/aromatic N) is 1. The van der Waals surface area contributed by atoms with Crippen LogP contribution in [0.1, 0.15) is 49.7 Å². The number of fused-ring (bicyclic) bond motifs is 1. The van der Waals surface area contributed by atoms with Gasteiger partial charge in [-0.1, -0.05) is 30.3 Å². The van der Waals surface area contributed by atoms with Gasteiger partial charge in [0, 0.05) is 34.9 Å². The van der Waals surface area contributed by atoms with E-state index in [1.54, 1.807) is 0 Å². The molecule has 5 nitrogen and oxygen atoms in total. The number of rotatable bonds is 6. The van der Waals surface area contributed by atoms with E-state index in [2.05, 4.69) is 23.5 Å². The van der Waals surface area contributed by atoms with Crippen LogP contribution in [0, 0.1) is 0 Å². The Bertz CT molecular complexity index is 1100. The zero-order chi connectivity index (χ0) is 21.4. The van der Waals surface area contributed by atoms with Gasteiger partial charge < -0.3 is 21.0 Å². The van der Waals surface area contributed by atoms with Crippen molar-refractivity contribution in [3.05, 3.63) is 59.8 Å². The van der Waals surface area contributed by atoms with Crippen molar-refractivity contribution in [2.75, 3.05) is 5.32 Å². The number of aliphatic hydroxyl groups excluding tert-OH is 1. The van der Waals surface area contributed by atoms with E-state index < -0.39 is 5.41 Å². The topological polar surface area (TPSA) is 88.2 Å². The van der Waals surface area contributed by atoms with Crippen LogP contribution in [-0.4, -0.2) is 28.5 Å². The normalized spacial score (nSPS) is 22.3. The lowest BCUT2D eigenvalue weighted by molar-refractivity contribution is -0.109. The first-order valence-electron chi connectivity index (χ1n) is 11.2. The average molecular weight is 416 g/mol. The molecular weight excluding hydrogens is 386 g/mol.